The van der Waals surface area contributed by atoms with Crippen LogP contribution in [0.2, 0.25) is 0 Å². The predicted octanol–water partition coefficient (Wildman–Crippen LogP) is 0.747. The molecule has 0 amide bonds. The Balaban J connectivity index is 3.00. The van der Waals surface area contributed by atoms with Gasteiger partial charge in [-0.05, 0) is 6.92 Å². The van der Waals surface area contributed by atoms with Crippen molar-refractivity contribution in [3.8, 4) is 0 Å². The molecule has 1 heterocycles. The molecule has 1 rings (SSSR count). The second-order valence-electron chi connectivity index (χ2n) is 4.43. The van der Waals surface area contributed by atoms with Crippen LogP contribution in [0.15, 0.2) is 6.20 Å². The highest BCUT2D eigenvalue weighted by atomic mass is 16.3. The number of aryl methyl sites for hydroxylation is 1. The molecule has 14 heavy (non-hydrogen) atoms. The maximum absolute atomic E-state index is 9.22. The Morgan fingerprint density at radius 2 is 2.21 bits per heavy atom. The number of aliphatic hydroxyl groups is 1. The third-order valence-corrected chi connectivity index (χ3v) is 2.86. The number of rotatable bonds is 3. The summed E-state index contributed by atoms with van der Waals surface area (Å²) < 4.78 is 1.79. The fraction of sp³-hybridized carbons (Fsp3) is 0.700. The molecule has 0 saturated carbocycles. The van der Waals surface area contributed by atoms with Crippen LogP contribution in [0.3, 0.4) is 0 Å². The minimum absolute atomic E-state index is 0.0719. The highest BCUT2D eigenvalue weighted by Gasteiger charge is 2.29. The smallest absolute Gasteiger partial charge is 0.0540 e. The van der Waals surface area contributed by atoms with E-state index >= 15 is 0 Å². The van der Waals surface area contributed by atoms with Crippen LogP contribution in [0.1, 0.15) is 31.1 Å². The van der Waals surface area contributed by atoms with Crippen molar-refractivity contribution >= 4 is 0 Å². The highest BCUT2D eigenvalue weighted by molar-refractivity contribution is 5.22. The van der Waals surface area contributed by atoms with Crippen LogP contribution in [-0.2, 0) is 7.05 Å². The zero-order valence-electron chi connectivity index (χ0n) is 9.28. The van der Waals surface area contributed by atoms with Crippen LogP contribution in [0.4, 0.5) is 0 Å². The maximum Gasteiger partial charge on any atom is 0.0540 e. The van der Waals surface area contributed by atoms with Gasteiger partial charge in [-0.2, -0.15) is 5.10 Å². The van der Waals surface area contributed by atoms with E-state index in [1.54, 1.807) is 10.9 Å². The largest absolute Gasteiger partial charge is 0.396 e. The number of hydrogen-bond acceptors (Lipinski definition) is 3. The standard InChI is InChI=1S/C10H19N3O/c1-7-8(5-12-13(7)4)9(11)10(2,3)6-14/h5,9,14H,6,11H2,1-4H3. The third kappa shape index (κ3) is 1.81. The highest BCUT2D eigenvalue weighted by Crippen LogP contribution is 2.31. The maximum atomic E-state index is 9.22. The van der Waals surface area contributed by atoms with Gasteiger partial charge in [-0.15, -0.1) is 0 Å². The Labute approximate surface area is 84.7 Å². The van der Waals surface area contributed by atoms with Gasteiger partial charge < -0.3 is 10.8 Å². The first-order valence-electron chi connectivity index (χ1n) is 4.75. The zero-order valence-corrected chi connectivity index (χ0v) is 9.28. The minimum Gasteiger partial charge on any atom is -0.396 e. The summed E-state index contributed by atoms with van der Waals surface area (Å²) in [5.74, 6) is 0. The Bertz CT molecular complexity index is 317. The molecule has 0 fully saturated rings. The summed E-state index contributed by atoms with van der Waals surface area (Å²) in [7, 11) is 1.89. The van der Waals surface area contributed by atoms with Crippen LogP contribution in [0, 0.1) is 12.3 Å². The van der Waals surface area contributed by atoms with Gasteiger partial charge in [0, 0.05) is 36.4 Å². The molecule has 1 unspecified atom stereocenters. The summed E-state index contributed by atoms with van der Waals surface area (Å²) >= 11 is 0. The molecular formula is C10H19N3O. The molecule has 0 bridgehead atoms. The molecule has 0 aromatic carbocycles. The zero-order chi connectivity index (χ0) is 10.9. The molecule has 4 nitrogen and oxygen atoms in total. The first-order chi connectivity index (χ1) is 6.40. The first-order valence-corrected chi connectivity index (χ1v) is 4.75. The van der Waals surface area contributed by atoms with Gasteiger partial charge in [0.05, 0.1) is 6.20 Å². The van der Waals surface area contributed by atoms with Gasteiger partial charge in [0.2, 0.25) is 0 Å². The van der Waals surface area contributed by atoms with Gasteiger partial charge in [0.25, 0.3) is 0 Å². The summed E-state index contributed by atoms with van der Waals surface area (Å²) in [6.07, 6.45) is 1.78. The van der Waals surface area contributed by atoms with Gasteiger partial charge in [-0.25, -0.2) is 0 Å². The van der Waals surface area contributed by atoms with Crippen molar-refractivity contribution in [3.63, 3.8) is 0 Å². The summed E-state index contributed by atoms with van der Waals surface area (Å²) in [5, 5.41) is 13.4. The van der Waals surface area contributed by atoms with Crippen LogP contribution < -0.4 is 5.73 Å². The Morgan fingerprint density at radius 1 is 1.64 bits per heavy atom. The van der Waals surface area contributed by atoms with E-state index in [1.807, 2.05) is 27.8 Å². The van der Waals surface area contributed by atoms with E-state index < -0.39 is 0 Å². The summed E-state index contributed by atoms with van der Waals surface area (Å²) in [5.41, 5.74) is 7.83. The minimum atomic E-state index is -0.312. The lowest BCUT2D eigenvalue weighted by atomic mass is 9.82. The van der Waals surface area contributed by atoms with Gasteiger partial charge in [0.15, 0.2) is 0 Å². The third-order valence-electron chi connectivity index (χ3n) is 2.86. The molecule has 0 aliphatic carbocycles. The fourth-order valence-electron chi connectivity index (χ4n) is 1.34. The molecule has 0 radical (unpaired) electrons. The molecule has 1 aromatic rings. The Hall–Kier alpha value is -0.870. The first kappa shape index (κ1) is 11.2. The normalized spacial score (nSPS) is 14.4. The summed E-state index contributed by atoms with van der Waals surface area (Å²) in [6.45, 7) is 5.95. The molecule has 80 valence electrons. The summed E-state index contributed by atoms with van der Waals surface area (Å²) in [6, 6.07) is -0.179. The van der Waals surface area contributed by atoms with Crippen molar-refractivity contribution in [1.29, 1.82) is 0 Å². The molecule has 0 aliphatic heterocycles. The second kappa shape index (κ2) is 3.71. The van der Waals surface area contributed by atoms with Crippen molar-refractivity contribution in [2.45, 2.75) is 26.8 Å². The van der Waals surface area contributed by atoms with E-state index in [2.05, 4.69) is 5.10 Å². The molecule has 0 aliphatic rings. The van der Waals surface area contributed by atoms with Crippen LogP contribution in [0.5, 0.6) is 0 Å². The number of nitrogens with two attached hydrogens (primary N) is 1. The Morgan fingerprint density at radius 3 is 2.57 bits per heavy atom. The van der Waals surface area contributed by atoms with E-state index in [9.17, 15) is 5.11 Å². The van der Waals surface area contributed by atoms with Gasteiger partial charge in [0.1, 0.15) is 0 Å². The number of hydrogen-bond donors (Lipinski definition) is 2. The fourth-order valence-corrected chi connectivity index (χ4v) is 1.34. The number of aliphatic hydroxyl groups excluding tert-OH is 1. The molecule has 0 spiro atoms. The quantitative estimate of drug-likeness (QED) is 0.751. The number of nitrogens with zero attached hydrogens (tertiary/aromatic N) is 2. The molecule has 1 atom stereocenters. The van der Waals surface area contributed by atoms with Gasteiger partial charge >= 0.3 is 0 Å². The molecule has 0 saturated heterocycles. The van der Waals surface area contributed by atoms with Gasteiger partial charge in [-0.3, -0.25) is 4.68 Å². The lowest BCUT2D eigenvalue weighted by Gasteiger charge is -2.29. The summed E-state index contributed by atoms with van der Waals surface area (Å²) in [4.78, 5) is 0. The van der Waals surface area contributed by atoms with Crippen LogP contribution >= 0.6 is 0 Å². The van der Waals surface area contributed by atoms with Crippen molar-refractivity contribution in [2.24, 2.45) is 18.2 Å². The van der Waals surface area contributed by atoms with Gasteiger partial charge in [-0.1, -0.05) is 13.8 Å². The van der Waals surface area contributed by atoms with Crippen molar-refractivity contribution in [3.05, 3.63) is 17.5 Å². The van der Waals surface area contributed by atoms with E-state index in [0.29, 0.717) is 0 Å². The second-order valence-corrected chi connectivity index (χ2v) is 4.43. The van der Waals surface area contributed by atoms with Crippen LogP contribution in [-0.4, -0.2) is 21.5 Å². The molecule has 4 heteroatoms. The van der Waals surface area contributed by atoms with E-state index in [4.69, 9.17) is 5.73 Å². The SMILES string of the molecule is Cc1c(C(N)C(C)(C)CO)cnn1C. The van der Waals surface area contributed by atoms with Crippen molar-refractivity contribution < 1.29 is 5.11 Å². The molecule has 3 N–H and O–H groups in total. The van der Waals surface area contributed by atoms with E-state index in [0.717, 1.165) is 11.3 Å². The lowest BCUT2D eigenvalue weighted by molar-refractivity contribution is 0.132. The number of aromatic nitrogens is 2. The topological polar surface area (TPSA) is 64.1 Å². The van der Waals surface area contributed by atoms with E-state index in [1.165, 1.54) is 0 Å². The Kier molecular flexibility index (Phi) is 2.97. The molecular weight excluding hydrogens is 178 g/mol. The monoisotopic (exact) mass is 197 g/mol. The lowest BCUT2D eigenvalue weighted by Crippen LogP contribution is -2.32. The average molecular weight is 197 g/mol. The predicted molar refractivity (Wildman–Crippen MR) is 55.7 cm³/mol. The van der Waals surface area contributed by atoms with Crippen LogP contribution in [0.25, 0.3) is 0 Å². The van der Waals surface area contributed by atoms with Crippen molar-refractivity contribution in [1.82, 2.24) is 9.78 Å². The van der Waals surface area contributed by atoms with Crippen molar-refractivity contribution in [2.75, 3.05) is 6.61 Å². The van der Waals surface area contributed by atoms with E-state index in [-0.39, 0.29) is 18.1 Å². The molecule has 1 aromatic heterocycles. The average Bonchev–Trinajstić information content (AvgIpc) is 2.47.